The molecular formula is C19H17Cl2FN2O2. The van der Waals surface area contributed by atoms with Gasteiger partial charge >= 0.3 is 0 Å². The number of amides is 2. The highest BCUT2D eigenvalue weighted by atomic mass is 35.5. The molecule has 1 heterocycles. The number of carbonyl (C=O) groups excluding carboxylic acids is 2. The Bertz CT molecular complexity index is 852. The molecule has 0 bridgehead atoms. The predicted octanol–water partition coefficient (Wildman–Crippen LogP) is 4.53. The molecule has 7 heteroatoms. The molecule has 2 amide bonds. The monoisotopic (exact) mass is 394 g/mol. The fraction of sp³-hybridized carbons (Fsp3) is 0.263. The average molecular weight is 395 g/mol. The summed E-state index contributed by atoms with van der Waals surface area (Å²) in [5.41, 5.74) is 1.16. The first-order valence-corrected chi connectivity index (χ1v) is 8.92. The lowest BCUT2D eigenvalue weighted by molar-refractivity contribution is -0.117. The summed E-state index contributed by atoms with van der Waals surface area (Å²) < 4.78 is 14.0. The van der Waals surface area contributed by atoms with Gasteiger partial charge in [0.1, 0.15) is 5.82 Å². The van der Waals surface area contributed by atoms with Crippen LogP contribution in [0.15, 0.2) is 36.4 Å². The molecule has 2 aromatic rings. The van der Waals surface area contributed by atoms with Crippen LogP contribution in [0.4, 0.5) is 10.1 Å². The zero-order valence-corrected chi connectivity index (χ0v) is 15.6. The second-order valence-electron chi connectivity index (χ2n) is 6.18. The molecule has 1 saturated heterocycles. The van der Waals surface area contributed by atoms with Crippen molar-refractivity contribution >= 4 is 40.7 Å². The normalized spacial score (nSPS) is 14.0. The summed E-state index contributed by atoms with van der Waals surface area (Å²) in [4.78, 5) is 27.7. The Morgan fingerprint density at radius 2 is 2.00 bits per heavy atom. The van der Waals surface area contributed by atoms with E-state index in [1.165, 1.54) is 17.0 Å². The minimum Gasteiger partial charge on any atom is -0.337 e. The van der Waals surface area contributed by atoms with E-state index in [2.05, 4.69) is 0 Å². The van der Waals surface area contributed by atoms with Crippen LogP contribution < -0.4 is 4.90 Å². The maximum absolute atomic E-state index is 14.0. The van der Waals surface area contributed by atoms with Crippen LogP contribution in [0.2, 0.25) is 10.0 Å². The van der Waals surface area contributed by atoms with Crippen LogP contribution in [0.5, 0.6) is 0 Å². The fourth-order valence-electron chi connectivity index (χ4n) is 2.97. The van der Waals surface area contributed by atoms with E-state index in [-0.39, 0.29) is 28.9 Å². The van der Waals surface area contributed by atoms with Gasteiger partial charge in [-0.1, -0.05) is 29.3 Å². The topological polar surface area (TPSA) is 40.6 Å². The van der Waals surface area contributed by atoms with Crippen molar-refractivity contribution in [1.82, 2.24) is 4.90 Å². The number of carbonyl (C=O) groups is 2. The molecule has 2 aromatic carbocycles. The molecule has 4 nitrogen and oxygen atoms in total. The van der Waals surface area contributed by atoms with Gasteiger partial charge in [0, 0.05) is 42.7 Å². The van der Waals surface area contributed by atoms with Crippen molar-refractivity contribution in [2.45, 2.75) is 19.4 Å². The van der Waals surface area contributed by atoms with E-state index in [9.17, 15) is 14.0 Å². The number of nitrogens with zero attached hydrogens (tertiary/aromatic N) is 2. The molecule has 1 aliphatic rings. The summed E-state index contributed by atoms with van der Waals surface area (Å²) in [7, 11) is 1.57. The van der Waals surface area contributed by atoms with E-state index in [1.807, 2.05) is 0 Å². The molecule has 0 aliphatic carbocycles. The summed E-state index contributed by atoms with van der Waals surface area (Å²) in [6.07, 6.45) is 1.24. The molecule has 0 spiro atoms. The van der Waals surface area contributed by atoms with Gasteiger partial charge in [-0.25, -0.2) is 4.39 Å². The molecule has 0 atom stereocenters. The largest absolute Gasteiger partial charge is 0.337 e. The summed E-state index contributed by atoms with van der Waals surface area (Å²) in [6, 6.07) is 9.19. The first-order valence-electron chi connectivity index (χ1n) is 8.16. The molecule has 1 aliphatic heterocycles. The third kappa shape index (κ3) is 3.69. The van der Waals surface area contributed by atoms with Crippen molar-refractivity contribution < 1.29 is 14.0 Å². The van der Waals surface area contributed by atoms with Gasteiger partial charge in [-0.2, -0.15) is 0 Å². The zero-order chi connectivity index (χ0) is 18.8. The number of halogens is 3. The molecule has 3 rings (SSSR count). The van der Waals surface area contributed by atoms with E-state index in [0.29, 0.717) is 29.2 Å². The van der Waals surface area contributed by atoms with E-state index in [1.54, 1.807) is 36.2 Å². The summed E-state index contributed by atoms with van der Waals surface area (Å²) >= 11 is 12.2. The summed E-state index contributed by atoms with van der Waals surface area (Å²) in [5.74, 6) is -0.784. The standard InChI is InChI=1S/C19H17Cl2FN2O2/c1-23(11-13-14(20)4-2-5-16(13)22)19(26)12-7-8-15(21)17(10-12)24-9-3-6-18(24)25/h2,4-5,7-8,10H,3,6,9,11H2,1H3. The van der Waals surface area contributed by atoms with Crippen LogP contribution in [-0.4, -0.2) is 30.3 Å². The van der Waals surface area contributed by atoms with Crippen molar-refractivity contribution in [2.75, 3.05) is 18.5 Å². The number of rotatable bonds is 4. The van der Waals surface area contributed by atoms with Crippen LogP contribution in [-0.2, 0) is 11.3 Å². The molecular weight excluding hydrogens is 378 g/mol. The smallest absolute Gasteiger partial charge is 0.253 e. The number of anilines is 1. The second-order valence-corrected chi connectivity index (χ2v) is 6.99. The Morgan fingerprint density at radius 1 is 1.23 bits per heavy atom. The van der Waals surface area contributed by atoms with Gasteiger partial charge in [0.15, 0.2) is 0 Å². The Morgan fingerprint density at radius 3 is 2.65 bits per heavy atom. The van der Waals surface area contributed by atoms with Crippen LogP contribution >= 0.6 is 23.2 Å². The SMILES string of the molecule is CN(Cc1c(F)cccc1Cl)C(=O)c1ccc(Cl)c(N2CCCC2=O)c1. The molecule has 0 aromatic heterocycles. The molecule has 0 saturated carbocycles. The molecule has 0 radical (unpaired) electrons. The predicted molar refractivity (Wildman–Crippen MR) is 100 cm³/mol. The van der Waals surface area contributed by atoms with Crippen molar-refractivity contribution in [2.24, 2.45) is 0 Å². The molecule has 1 fully saturated rings. The number of benzene rings is 2. The summed E-state index contributed by atoms with van der Waals surface area (Å²) in [6.45, 7) is 0.613. The molecule has 26 heavy (non-hydrogen) atoms. The summed E-state index contributed by atoms with van der Waals surface area (Å²) in [5, 5.41) is 0.681. The van der Waals surface area contributed by atoms with E-state index >= 15 is 0 Å². The van der Waals surface area contributed by atoms with Crippen molar-refractivity contribution in [3.8, 4) is 0 Å². The van der Waals surface area contributed by atoms with Gasteiger partial charge < -0.3 is 9.80 Å². The van der Waals surface area contributed by atoms with E-state index < -0.39 is 5.82 Å². The van der Waals surface area contributed by atoms with Gasteiger partial charge in [0.05, 0.1) is 10.7 Å². The Hall–Kier alpha value is -2.11. The van der Waals surface area contributed by atoms with Gasteiger partial charge in [0.25, 0.3) is 5.91 Å². The van der Waals surface area contributed by atoms with Crippen molar-refractivity contribution in [3.63, 3.8) is 0 Å². The first-order chi connectivity index (χ1) is 12.4. The molecule has 0 unspecified atom stereocenters. The fourth-order valence-corrected chi connectivity index (χ4v) is 3.41. The van der Waals surface area contributed by atoms with Crippen LogP contribution in [0.1, 0.15) is 28.8 Å². The lowest BCUT2D eigenvalue weighted by Gasteiger charge is -2.21. The van der Waals surface area contributed by atoms with Crippen LogP contribution in [0.3, 0.4) is 0 Å². The highest BCUT2D eigenvalue weighted by Crippen LogP contribution is 2.31. The van der Waals surface area contributed by atoms with Crippen LogP contribution in [0.25, 0.3) is 0 Å². The zero-order valence-electron chi connectivity index (χ0n) is 14.1. The quantitative estimate of drug-likeness (QED) is 0.763. The Balaban J connectivity index is 1.84. The maximum atomic E-state index is 14.0. The average Bonchev–Trinajstić information content (AvgIpc) is 3.04. The van der Waals surface area contributed by atoms with Crippen molar-refractivity contribution in [1.29, 1.82) is 0 Å². The number of hydrogen-bond acceptors (Lipinski definition) is 2. The lowest BCUT2D eigenvalue weighted by Crippen LogP contribution is -2.28. The van der Waals surface area contributed by atoms with Gasteiger partial charge in [-0.15, -0.1) is 0 Å². The lowest BCUT2D eigenvalue weighted by atomic mass is 10.1. The van der Waals surface area contributed by atoms with E-state index in [4.69, 9.17) is 23.2 Å². The van der Waals surface area contributed by atoms with Gasteiger partial charge in [0.2, 0.25) is 5.91 Å². The number of hydrogen-bond donors (Lipinski definition) is 0. The molecule has 136 valence electrons. The first kappa shape index (κ1) is 18.7. The van der Waals surface area contributed by atoms with Gasteiger partial charge in [-0.3, -0.25) is 9.59 Å². The van der Waals surface area contributed by atoms with Crippen LogP contribution in [0, 0.1) is 5.82 Å². The van der Waals surface area contributed by atoms with Crippen molar-refractivity contribution in [3.05, 3.63) is 63.4 Å². The third-order valence-corrected chi connectivity index (χ3v) is 5.03. The Kier molecular flexibility index (Phi) is 5.49. The molecule has 0 N–H and O–H groups in total. The second kappa shape index (κ2) is 7.64. The Labute approximate surface area is 161 Å². The highest BCUT2D eigenvalue weighted by Gasteiger charge is 2.25. The highest BCUT2D eigenvalue weighted by molar-refractivity contribution is 6.34. The maximum Gasteiger partial charge on any atom is 0.253 e. The van der Waals surface area contributed by atoms with E-state index in [0.717, 1.165) is 6.42 Å². The minimum absolute atomic E-state index is 0.0111. The minimum atomic E-state index is -0.461. The third-order valence-electron chi connectivity index (χ3n) is 4.36. The van der Waals surface area contributed by atoms with Gasteiger partial charge in [-0.05, 0) is 36.8 Å².